The van der Waals surface area contributed by atoms with Gasteiger partial charge in [-0.1, -0.05) is 6.07 Å². The van der Waals surface area contributed by atoms with Crippen LogP contribution in [-0.2, 0) is 12.8 Å². The molecule has 3 nitrogen and oxygen atoms in total. The highest BCUT2D eigenvalue weighted by Crippen LogP contribution is 2.27. The minimum absolute atomic E-state index is 0.101. The Bertz CT molecular complexity index is 452. The molecule has 0 radical (unpaired) electrons. The third kappa shape index (κ3) is 5.23. The molecule has 0 saturated carbocycles. The third-order valence-corrected chi connectivity index (χ3v) is 3.88. The first-order valence-electron chi connectivity index (χ1n) is 7.82. The number of aromatic nitrogens is 1. The number of rotatable bonds is 8. The maximum atomic E-state index is 13.4. The van der Waals surface area contributed by atoms with Crippen molar-refractivity contribution in [1.29, 1.82) is 0 Å². The molecule has 0 atom stereocenters. The molecule has 21 heavy (non-hydrogen) atoms. The maximum Gasteiger partial charge on any atom is 0.248 e. The zero-order chi connectivity index (χ0) is 15.1. The van der Waals surface area contributed by atoms with E-state index in [0.29, 0.717) is 6.42 Å². The molecule has 1 aliphatic heterocycles. The summed E-state index contributed by atoms with van der Waals surface area (Å²) in [4.78, 5) is 4.57. The molecular formula is C16H24F2N2O. The highest BCUT2D eigenvalue weighted by Gasteiger charge is 2.27. The molecule has 0 aliphatic carbocycles. The van der Waals surface area contributed by atoms with E-state index in [1.807, 2.05) is 6.07 Å². The van der Waals surface area contributed by atoms with E-state index < -0.39 is 5.92 Å². The first-order chi connectivity index (χ1) is 10.1. The lowest BCUT2D eigenvalue weighted by atomic mass is 10.0. The number of hydrogen-bond donors (Lipinski definition) is 2. The molecule has 1 aromatic rings. The Morgan fingerprint density at radius 2 is 2.00 bits per heavy atom. The number of aliphatic hydroxyl groups excluding tert-OH is 1. The number of anilines is 1. The minimum Gasteiger partial charge on any atom is -0.396 e. The van der Waals surface area contributed by atoms with Gasteiger partial charge >= 0.3 is 0 Å². The molecule has 0 amide bonds. The Morgan fingerprint density at radius 1 is 1.19 bits per heavy atom. The number of unbranched alkanes of at least 4 members (excludes halogenated alkanes) is 1. The molecule has 0 aromatic carbocycles. The Morgan fingerprint density at radius 3 is 2.81 bits per heavy atom. The van der Waals surface area contributed by atoms with Crippen LogP contribution in [0.3, 0.4) is 0 Å². The van der Waals surface area contributed by atoms with Crippen molar-refractivity contribution in [3.63, 3.8) is 0 Å². The summed E-state index contributed by atoms with van der Waals surface area (Å²) in [5.41, 5.74) is 2.22. The Hall–Kier alpha value is -1.23. The van der Waals surface area contributed by atoms with Crippen molar-refractivity contribution in [3.05, 3.63) is 23.4 Å². The lowest BCUT2D eigenvalue weighted by Gasteiger charge is -2.18. The van der Waals surface area contributed by atoms with Gasteiger partial charge in [0.1, 0.15) is 5.82 Å². The number of aliphatic hydroxyl groups is 1. The maximum absolute atomic E-state index is 13.4. The molecule has 0 bridgehead atoms. The van der Waals surface area contributed by atoms with E-state index in [-0.39, 0.29) is 25.9 Å². The van der Waals surface area contributed by atoms with E-state index in [0.717, 1.165) is 43.7 Å². The Kier molecular flexibility index (Phi) is 5.91. The topological polar surface area (TPSA) is 45.2 Å². The monoisotopic (exact) mass is 298 g/mol. The minimum atomic E-state index is -2.65. The van der Waals surface area contributed by atoms with Crippen LogP contribution in [0.15, 0.2) is 12.1 Å². The molecule has 0 spiro atoms. The van der Waals surface area contributed by atoms with Crippen LogP contribution >= 0.6 is 0 Å². The SMILES string of the molecule is OCCCC(F)(F)CCCCc1ccc2c(n1)NCCC2. The summed E-state index contributed by atoms with van der Waals surface area (Å²) in [6.45, 7) is 0.794. The van der Waals surface area contributed by atoms with Crippen molar-refractivity contribution in [3.8, 4) is 0 Å². The molecule has 0 fully saturated rings. The summed E-state index contributed by atoms with van der Waals surface area (Å²) in [5, 5.41) is 11.9. The molecule has 0 saturated heterocycles. The van der Waals surface area contributed by atoms with Gasteiger partial charge in [0.25, 0.3) is 0 Å². The molecule has 118 valence electrons. The summed E-state index contributed by atoms with van der Waals surface area (Å²) in [5.74, 6) is -1.68. The quantitative estimate of drug-likeness (QED) is 0.721. The second-order valence-electron chi connectivity index (χ2n) is 5.73. The van der Waals surface area contributed by atoms with Crippen LogP contribution < -0.4 is 5.32 Å². The largest absolute Gasteiger partial charge is 0.396 e. The lowest BCUT2D eigenvalue weighted by Crippen LogP contribution is -2.16. The van der Waals surface area contributed by atoms with Gasteiger partial charge in [-0.25, -0.2) is 13.8 Å². The van der Waals surface area contributed by atoms with Crippen molar-refractivity contribution in [2.45, 2.75) is 57.3 Å². The fourth-order valence-electron chi connectivity index (χ4n) is 2.66. The highest BCUT2D eigenvalue weighted by atomic mass is 19.3. The number of nitrogens with one attached hydrogen (secondary N) is 1. The summed E-state index contributed by atoms with van der Waals surface area (Å²) in [7, 11) is 0. The van der Waals surface area contributed by atoms with Crippen LogP contribution in [0, 0.1) is 0 Å². The number of alkyl halides is 2. The summed E-state index contributed by atoms with van der Waals surface area (Å²) in [6, 6.07) is 4.11. The molecule has 2 heterocycles. The van der Waals surface area contributed by atoms with E-state index in [2.05, 4.69) is 16.4 Å². The second-order valence-corrected chi connectivity index (χ2v) is 5.73. The van der Waals surface area contributed by atoms with Crippen molar-refractivity contribution >= 4 is 5.82 Å². The number of fused-ring (bicyclic) bond motifs is 1. The van der Waals surface area contributed by atoms with Gasteiger partial charge in [0.05, 0.1) is 0 Å². The van der Waals surface area contributed by atoms with Crippen LogP contribution in [0.5, 0.6) is 0 Å². The lowest BCUT2D eigenvalue weighted by molar-refractivity contribution is -0.0233. The molecule has 2 rings (SSSR count). The van der Waals surface area contributed by atoms with Crippen LogP contribution in [0.4, 0.5) is 14.6 Å². The smallest absolute Gasteiger partial charge is 0.248 e. The number of aryl methyl sites for hydroxylation is 2. The third-order valence-electron chi connectivity index (χ3n) is 3.88. The summed E-state index contributed by atoms with van der Waals surface area (Å²) >= 11 is 0. The van der Waals surface area contributed by atoms with Crippen molar-refractivity contribution in [1.82, 2.24) is 4.98 Å². The van der Waals surface area contributed by atoms with Gasteiger partial charge in [0.2, 0.25) is 5.92 Å². The predicted molar refractivity (Wildman–Crippen MR) is 79.9 cm³/mol. The van der Waals surface area contributed by atoms with E-state index in [4.69, 9.17) is 5.11 Å². The van der Waals surface area contributed by atoms with Crippen molar-refractivity contribution in [2.24, 2.45) is 0 Å². The normalized spacial score (nSPS) is 14.6. The van der Waals surface area contributed by atoms with E-state index in [9.17, 15) is 8.78 Å². The Labute approximate surface area is 124 Å². The van der Waals surface area contributed by atoms with Gasteiger partial charge in [0.15, 0.2) is 0 Å². The van der Waals surface area contributed by atoms with Crippen LogP contribution in [-0.4, -0.2) is 29.2 Å². The zero-order valence-corrected chi connectivity index (χ0v) is 12.4. The summed E-state index contributed by atoms with van der Waals surface area (Å²) in [6.07, 6.45) is 4.01. The molecule has 1 aromatic heterocycles. The first-order valence-corrected chi connectivity index (χ1v) is 7.82. The predicted octanol–water partition coefficient (Wildman–Crippen LogP) is 3.56. The van der Waals surface area contributed by atoms with Crippen molar-refractivity contribution < 1.29 is 13.9 Å². The van der Waals surface area contributed by atoms with Gasteiger partial charge in [-0.15, -0.1) is 0 Å². The summed E-state index contributed by atoms with van der Waals surface area (Å²) < 4.78 is 26.8. The molecule has 0 unspecified atom stereocenters. The molecule has 5 heteroatoms. The number of halogens is 2. The van der Waals surface area contributed by atoms with Gasteiger partial charge in [-0.05, 0) is 50.2 Å². The average Bonchev–Trinajstić information content (AvgIpc) is 2.49. The fourth-order valence-corrected chi connectivity index (χ4v) is 2.66. The van der Waals surface area contributed by atoms with Crippen molar-refractivity contribution in [2.75, 3.05) is 18.5 Å². The average molecular weight is 298 g/mol. The molecular weight excluding hydrogens is 274 g/mol. The first kappa shape index (κ1) is 16.1. The number of nitrogens with zero attached hydrogens (tertiary/aromatic N) is 1. The highest BCUT2D eigenvalue weighted by molar-refractivity contribution is 5.46. The fraction of sp³-hybridized carbons (Fsp3) is 0.688. The van der Waals surface area contributed by atoms with Gasteiger partial charge in [0, 0.05) is 31.7 Å². The van der Waals surface area contributed by atoms with Crippen LogP contribution in [0.2, 0.25) is 0 Å². The van der Waals surface area contributed by atoms with Crippen LogP contribution in [0.25, 0.3) is 0 Å². The van der Waals surface area contributed by atoms with E-state index in [1.165, 1.54) is 5.56 Å². The van der Waals surface area contributed by atoms with Crippen LogP contribution in [0.1, 0.15) is 49.8 Å². The standard InChI is InChI=1S/C16H24F2N2O/c17-16(18,10-4-12-21)9-2-1-6-14-8-7-13-5-3-11-19-15(13)20-14/h7-8,21H,1-6,9-12H2,(H,19,20). The Balaban J connectivity index is 1.73. The van der Waals surface area contributed by atoms with Gasteiger partial charge in [-0.2, -0.15) is 0 Å². The van der Waals surface area contributed by atoms with E-state index >= 15 is 0 Å². The van der Waals surface area contributed by atoms with Gasteiger partial charge in [-0.3, -0.25) is 0 Å². The van der Waals surface area contributed by atoms with Gasteiger partial charge < -0.3 is 10.4 Å². The zero-order valence-electron chi connectivity index (χ0n) is 12.4. The molecule has 1 aliphatic rings. The molecule has 2 N–H and O–H groups in total. The number of hydrogen-bond acceptors (Lipinski definition) is 3. The number of pyridine rings is 1. The second kappa shape index (κ2) is 7.69. The van der Waals surface area contributed by atoms with E-state index in [1.54, 1.807) is 0 Å².